The average molecular weight is 378 g/mol. The van der Waals surface area contributed by atoms with Gasteiger partial charge >= 0.3 is 0 Å². The van der Waals surface area contributed by atoms with Gasteiger partial charge in [0.15, 0.2) is 5.82 Å². The van der Waals surface area contributed by atoms with E-state index in [1.165, 1.54) is 12.8 Å². The molecule has 28 heavy (non-hydrogen) atoms. The topological polar surface area (TPSA) is 94.0 Å². The number of aryl methyl sites for hydroxylation is 2. The number of amides is 1. The van der Waals surface area contributed by atoms with E-state index in [0.29, 0.717) is 23.0 Å². The van der Waals surface area contributed by atoms with Crippen molar-refractivity contribution in [3.8, 4) is 11.6 Å². The predicted molar refractivity (Wildman–Crippen MR) is 106 cm³/mol. The molecule has 1 amide bonds. The molecule has 0 radical (unpaired) electrons. The number of nitrogens with one attached hydrogen (secondary N) is 2. The zero-order valence-corrected chi connectivity index (χ0v) is 15.8. The quantitative estimate of drug-likeness (QED) is 0.655. The molecule has 2 aromatic heterocycles. The fourth-order valence-electron chi connectivity index (χ4n) is 2.76. The summed E-state index contributed by atoms with van der Waals surface area (Å²) < 4.78 is 7.42. The molecular formula is C20H22N6O2. The van der Waals surface area contributed by atoms with Crippen LogP contribution in [0.1, 0.15) is 28.8 Å². The molecule has 1 aromatic carbocycles. The van der Waals surface area contributed by atoms with Crippen molar-refractivity contribution in [2.24, 2.45) is 13.0 Å². The molecule has 0 aliphatic heterocycles. The Morgan fingerprint density at radius 2 is 2.07 bits per heavy atom. The van der Waals surface area contributed by atoms with Gasteiger partial charge in [-0.3, -0.25) is 9.48 Å². The van der Waals surface area contributed by atoms with Gasteiger partial charge in [-0.2, -0.15) is 5.10 Å². The molecule has 4 rings (SSSR count). The molecular weight excluding hydrogens is 356 g/mol. The highest BCUT2D eigenvalue weighted by Gasteiger charge is 2.20. The number of carbonyl (C=O) groups excluding carboxylic acids is 1. The number of hydrogen-bond donors (Lipinski definition) is 2. The number of rotatable bonds is 7. The molecule has 1 fully saturated rings. The number of carbonyl (C=O) groups is 1. The third kappa shape index (κ3) is 4.64. The summed E-state index contributed by atoms with van der Waals surface area (Å²) >= 11 is 0. The molecule has 144 valence electrons. The Morgan fingerprint density at radius 3 is 2.75 bits per heavy atom. The van der Waals surface area contributed by atoms with E-state index in [2.05, 4.69) is 25.7 Å². The third-order valence-corrected chi connectivity index (χ3v) is 4.39. The number of ether oxygens (including phenoxy) is 1. The van der Waals surface area contributed by atoms with Crippen molar-refractivity contribution < 1.29 is 9.53 Å². The molecule has 1 aliphatic rings. The first-order chi connectivity index (χ1) is 13.5. The highest BCUT2D eigenvalue weighted by Crippen LogP contribution is 2.29. The maximum absolute atomic E-state index is 12.5. The van der Waals surface area contributed by atoms with Crippen LogP contribution in [0.15, 0.2) is 42.9 Å². The van der Waals surface area contributed by atoms with Crippen LogP contribution in [0, 0.1) is 12.8 Å². The van der Waals surface area contributed by atoms with Crippen molar-refractivity contribution in [2.75, 3.05) is 17.2 Å². The largest absolute Gasteiger partial charge is 0.437 e. The molecule has 0 bridgehead atoms. The molecule has 2 N–H and O–H groups in total. The second-order valence-corrected chi connectivity index (χ2v) is 7.03. The van der Waals surface area contributed by atoms with Gasteiger partial charge < -0.3 is 15.4 Å². The Morgan fingerprint density at radius 1 is 1.21 bits per heavy atom. The second kappa shape index (κ2) is 7.67. The molecule has 0 atom stereocenters. The number of aromatic nitrogens is 4. The van der Waals surface area contributed by atoms with E-state index < -0.39 is 0 Å². The maximum Gasteiger partial charge on any atom is 0.257 e. The molecule has 3 aromatic rings. The number of nitrogens with zero attached hydrogens (tertiary/aromatic N) is 4. The van der Waals surface area contributed by atoms with Crippen molar-refractivity contribution in [1.82, 2.24) is 19.7 Å². The monoisotopic (exact) mass is 378 g/mol. The molecule has 0 unspecified atom stereocenters. The van der Waals surface area contributed by atoms with E-state index in [0.717, 1.165) is 23.8 Å². The Hall–Kier alpha value is -3.42. The lowest BCUT2D eigenvalue weighted by atomic mass is 10.1. The Bertz CT molecular complexity index is 979. The van der Waals surface area contributed by atoms with E-state index in [4.69, 9.17) is 4.74 Å². The van der Waals surface area contributed by atoms with Gasteiger partial charge in [-0.15, -0.1) is 0 Å². The van der Waals surface area contributed by atoms with Crippen LogP contribution in [0.5, 0.6) is 11.6 Å². The van der Waals surface area contributed by atoms with Crippen molar-refractivity contribution in [3.63, 3.8) is 0 Å². The molecule has 8 heteroatoms. The fourth-order valence-corrected chi connectivity index (χ4v) is 2.76. The predicted octanol–water partition coefficient (Wildman–Crippen LogP) is 3.39. The fraction of sp³-hybridized carbons (Fsp3) is 0.300. The van der Waals surface area contributed by atoms with Crippen LogP contribution >= 0.6 is 0 Å². The number of anilines is 2. The first-order valence-electron chi connectivity index (χ1n) is 9.21. The zero-order valence-electron chi connectivity index (χ0n) is 15.8. The minimum atomic E-state index is -0.252. The van der Waals surface area contributed by atoms with Gasteiger partial charge in [-0.25, -0.2) is 9.97 Å². The van der Waals surface area contributed by atoms with E-state index in [-0.39, 0.29) is 5.91 Å². The first kappa shape index (κ1) is 18.0. The third-order valence-electron chi connectivity index (χ3n) is 4.39. The van der Waals surface area contributed by atoms with Crippen LogP contribution in [0.2, 0.25) is 0 Å². The van der Waals surface area contributed by atoms with Crippen LogP contribution in [0.25, 0.3) is 0 Å². The first-order valence-corrected chi connectivity index (χ1v) is 9.21. The van der Waals surface area contributed by atoms with Crippen molar-refractivity contribution >= 4 is 17.5 Å². The van der Waals surface area contributed by atoms with Gasteiger partial charge in [-0.1, -0.05) is 0 Å². The zero-order chi connectivity index (χ0) is 19.5. The summed E-state index contributed by atoms with van der Waals surface area (Å²) in [5.41, 5.74) is 1.38. The lowest BCUT2D eigenvalue weighted by Gasteiger charge is -2.09. The highest BCUT2D eigenvalue weighted by molar-refractivity contribution is 6.04. The second-order valence-electron chi connectivity index (χ2n) is 7.03. The molecule has 8 nitrogen and oxygen atoms in total. The summed E-state index contributed by atoms with van der Waals surface area (Å²) in [6, 6.07) is 7.05. The van der Waals surface area contributed by atoms with Crippen molar-refractivity contribution in [2.45, 2.75) is 19.8 Å². The van der Waals surface area contributed by atoms with Crippen LogP contribution in [0.3, 0.4) is 0 Å². The van der Waals surface area contributed by atoms with E-state index in [1.807, 2.05) is 13.0 Å². The van der Waals surface area contributed by atoms with Gasteiger partial charge in [0, 0.05) is 31.4 Å². The molecule has 1 saturated carbocycles. The lowest BCUT2D eigenvalue weighted by Crippen LogP contribution is -2.13. The standard InChI is InChI=1S/C20H22N6O2/c1-13-7-15(20(27)24-17-5-6-26(2)25-17)9-16(8-13)28-19-12-22-18(11-23-19)21-10-14-3-4-14/h5-9,11-12,14H,3-4,10H2,1-2H3,(H,21,22)(H,24,25,27). The van der Waals surface area contributed by atoms with Crippen LogP contribution in [0.4, 0.5) is 11.6 Å². The van der Waals surface area contributed by atoms with Crippen LogP contribution in [-0.2, 0) is 7.05 Å². The van der Waals surface area contributed by atoms with Gasteiger partial charge in [0.1, 0.15) is 11.6 Å². The number of hydrogen-bond acceptors (Lipinski definition) is 6. The minimum absolute atomic E-state index is 0.252. The molecule has 0 spiro atoms. The maximum atomic E-state index is 12.5. The molecule has 1 aliphatic carbocycles. The summed E-state index contributed by atoms with van der Waals surface area (Å²) in [7, 11) is 1.79. The van der Waals surface area contributed by atoms with Crippen LogP contribution in [-0.4, -0.2) is 32.2 Å². The van der Waals surface area contributed by atoms with Gasteiger partial charge in [0.2, 0.25) is 5.88 Å². The smallest absolute Gasteiger partial charge is 0.257 e. The van der Waals surface area contributed by atoms with E-state index in [1.54, 1.807) is 48.5 Å². The van der Waals surface area contributed by atoms with Gasteiger partial charge in [-0.05, 0) is 49.4 Å². The Kier molecular flexibility index (Phi) is 4.92. The Balaban J connectivity index is 1.43. The van der Waals surface area contributed by atoms with Crippen molar-refractivity contribution in [3.05, 3.63) is 54.0 Å². The Labute approximate surface area is 163 Å². The molecule has 2 heterocycles. The summed E-state index contributed by atoms with van der Waals surface area (Å²) in [6.45, 7) is 2.84. The lowest BCUT2D eigenvalue weighted by molar-refractivity contribution is 0.102. The summed E-state index contributed by atoms with van der Waals surface area (Å²) in [4.78, 5) is 21.1. The average Bonchev–Trinajstić information content (AvgIpc) is 3.41. The number of benzene rings is 1. The minimum Gasteiger partial charge on any atom is -0.437 e. The summed E-state index contributed by atoms with van der Waals surface area (Å²) in [6.07, 6.45) is 7.56. The SMILES string of the molecule is Cc1cc(Oc2cnc(NCC3CC3)cn2)cc(C(=O)Nc2ccn(C)n2)c1. The van der Waals surface area contributed by atoms with Crippen LogP contribution < -0.4 is 15.4 Å². The van der Waals surface area contributed by atoms with E-state index in [9.17, 15) is 4.79 Å². The normalized spacial score (nSPS) is 13.2. The summed E-state index contributed by atoms with van der Waals surface area (Å²) in [5.74, 6) is 2.65. The highest BCUT2D eigenvalue weighted by atomic mass is 16.5. The summed E-state index contributed by atoms with van der Waals surface area (Å²) in [5, 5.41) is 10.2. The van der Waals surface area contributed by atoms with Gasteiger partial charge in [0.05, 0.1) is 12.4 Å². The van der Waals surface area contributed by atoms with Gasteiger partial charge in [0.25, 0.3) is 5.91 Å². The van der Waals surface area contributed by atoms with Crippen molar-refractivity contribution in [1.29, 1.82) is 0 Å². The van der Waals surface area contributed by atoms with E-state index >= 15 is 0 Å². The molecule has 0 saturated heterocycles.